The largest absolute Gasteiger partial charge is 0.395 e. The molecule has 0 aromatic rings. The standard InChI is InChI=1S/C10H18N2O5S/c13-4-6-18(15,16)12-3-5-17-7-9(12)10(14)11-8-1-2-8/h8-9,13H,1-7H2,(H,11,14). The topological polar surface area (TPSA) is 95.9 Å². The Morgan fingerprint density at radius 2 is 2.17 bits per heavy atom. The normalized spacial score (nSPS) is 25.9. The Morgan fingerprint density at radius 3 is 2.78 bits per heavy atom. The number of hydrogen-bond donors (Lipinski definition) is 2. The first-order chi connectivity index (χ1) is 8.54. The number of ether oxygens (including phenoxy) is 1. The molecule has 1 atom stereocenters. The highest BCUT2D eigenvalue weighted by atomic mass is 32.2. The van der Waals surface area contributed by atoms with Crippen molar-refractivity contribution in [1.82, 2.24) is 9.62 Å². The van der Waals surface area contributed by atoms with Crippen LogP contribution in [0.4, 0.5) is 0 Å². The monoisotopic (exact) mass is 278 g/mol. The summed E-state index contributed by atoms with van der Waals surface area (Å²) in [6.07, 6.45) is 1.89. The van der Waals surface area contributed by atoms with Gasteiger partial charge in [-0.1, -0.05) is 0 Å². The average molecular weight is 278 g/mol. The molecule has 0 aromatic heterocycles. The molecular formula is C10H18N2O5S. The molecule has 0 aromatic carbocycles. The lowest BCUT2D eigenvalue weighted by Crippen LogP contribution is -2.56. The smallest absolute Gasteiger partial charge is 0.241 e. The Morgan fingerprint density at radius 1 is 1.44 bits per heavy atom. The molecular weight excluding hydrogens is 260 g/mol. The Labute approximate surface area is 106 Å². The Hall–Kier alpha value is -0.700. The number of aliphatic hydroxyl groups excluding tert-OH is 1. The first-order valence-electron chi connectivity index (χ1n) is 6.03. The van der Waals surface area contributed by atoms with Crippen LogP contribution in [0, 0.1) is 0 Å². The number of carbonyl (C=O) groups is 1. The van der Waals surface area contributed by atoms with Crippen molar-refractivity contribution in [3.8, 4) is 0 Å². The van der Waals surface area contributed by atoms with Crippen LogP contribution in [0.3, 0.4) is 0 Å². The van der Waals surface area contributed by atoms with Gasteiger partial charge in [-0.15, -0.1) is 0 Å². The first-order valence-corrected chi connectivity index (χ1v) is 7.64. The molecule has 0 spiro atoms. The Kier molecular flexibility index (Phi) is 4.21. The zero-order valence-electron chi connectivity index (χ0n) is 10.0. The molecule has 1 saturated heterocycles. The second kappa shape index (κ2) is 5.52. The lowest BCUT2D eigenvalue weighted by Gasteiger charge is -2.33. The summed E-state index contributed by atoms with van der Waals surface area (Å²) >= 11 is 0. The van der Waals surface area contributed by atoms with Gasteiger partial charge in [-0.2, -0.15) is 4.31 Å². The summed E-state index contributed by atoms with van der Waals surface area (Å²) in [5, 5.41) is 11.6. The maximum absolute atomic E-state index is 12.0. The summed E-state index contributed by atoms with van der Waals surface area (Å²) in [5.41, 5.74) is 0. The van der Waals surface area contributed by atoms with Crippen molar-refractivity contribution in [2.24, 2.45) is 0 Å². The number of rotatable bonds is 5. The minimum atomic E-state index is -3.60. The number of nitrogens with one attached hydrogen (secondary N) is 1. The lowest BCUT2D eigenvalue weighted by molar-refractivity contribution is -0.129. The molecule has 1 saturated carbocycles. The fourth-order valence-electron chi connectivity index (χ4n) is 1.89. The van der Waals surface area contributed by atoms with E-state index in [1.54, 1.807) is 0 Å². The predicted molar refractivity (Wildman–Crippen MR) is 63.4 cm³/mol. The molecule has 1 unspecified atom stereocenters. The van der Waals surface area contributed by atoms with E-state index in [4.69, 9.17) is 9.84 Å². The molecule has 0 bridgehead atoms. The van der Waals surface area contributed by atoms with Gasteiger partial charge >= 0.3 is 0 Å². The lowest BCUT2D eigenvalue weighted by atomic mass is 10.2. The number of carbonyl (C=O) groups excluding carboxylic acids is 1. The summed E-state index contributed by atoms with van der Waals surface area (Å²) < 4.78 is 30.2. The van der Waals surface area contributed by atoms with Crippen LogP contribution in [0.2, 0.25) is 0 Å². The van der Waals surface area contributed by atoms with E-state index in [1.807, 2.05) is 0 Å². The maximum Gasteiger partial charge on any atom is 0.241 e. The first kappa shape index (κ1) is 13.7. The summed E-state index contributed by atoms with van der Waals surface area (Å²) in [6.45, 7) is 0.0584. The zero-order valence-corrected chi connectivity index (χ0v) is 10.9. The van der Waals surface area contributed by atoms with Gasteiger partial charge in [0.15, 0.2) is 0 Å². The van der Waals surface area contributed by atoms with Gasteiger partial charge < -0.3 is 15.2 Å². The molecule has 104 valence electrons. The van der Waals surface area contributed by atoms with Gasteiger partial charge in [-0.25, -0.2) is 8.42 Å². The number of aliphatic hydroxyl groups is 1. The number of sulfonamides is 1. The van der Waals surface area contributed by atoms with Gasteiger partial charge in [0.05, 0.1) is 25.6 Å². The molecule has 2 rings (SSSR count). The highest BCUT2D eigenvalue weighted by molar-refractivity contribution is 7.89. The molecule has 2 aliphatic rings. The fraction of sp³-hybridized carbons (Fsp3) is 0.900. The Balaban J connectivity index is 2.07. The van der Waals surface area contributed by atoms with E-state index in [0.29, 0.717) is 0 Å². The third kappa shape index (κ3) is 3.19. The van der Waals surface area contributed by atoms with Gasteiger partial charge in [0.1, 0.15) is 6.04 Å². The maximum atomic E-state index is 12.0. The highest BCUT2D eigenvalue weighted by Gasteiger charge is 2.38. The third-order valence-corrected chi connectivity index (χ3v) is 4.86. The molecule has 1 amide bonds. The van der Waals surface area contributed by atoms with Crippen LogP contribution < -0.4 is 5.32 Å². The van der Waals surface area contributed by atoms with Crippen molar-refractivity contribution in [1.29, 1.82) is 0 Å². The summed E-state index contributed by atoms with van der Waals surface area (Å²) in [5.74, 6) is -0.668. The van der Waals surface area contributed by atoms with E-state index < -0.39 is 22.7 Å². The molecule has 2 fully saturated rings. The summed E-state index contributed by atoms with van der Waals surface area (Å²) in [4.78, 5) is 12.0. The van der Waals surface area contributed by atoms with Gasteiger partial charge in [0.25, 0.3) is 0 Å². The highest BCUT2D eigenvalue weighted by Crippen LogP contribution is 2.20. The molecule has 8 heteroatoms. The number of hydrogen-bond acceptors (Lipinski definition) is 5. The quantitative estimate of drug-likeness (QED) is 0.624. The molecule has 1 heterocycles. The van der Waals surface area contributed by atoms with Crippen LogP contribution in [0.5, 0.6) is 0 Å². The minimum absolute atomic E-state index is 0.0726. The van der Waals surface area contributed by atoms with Crippen molar-refractivity contribution < 1.29 is 23.1 Å². The number of nitrogens with zero attached hydrogens (tertiary/aromatic N) is 1. The van der Waals surface area contributed by atoms with E-state index in [0.717, 1.165) is 17.1 Å². The van der Waals surface area contributed by atoms with Crippen LogP contribution in [0.1, 0.15) is 12.8 Å². The molecule has 0 radical (unpaired) electrons. The van der Waals surface area contributed by atoms with Gasteiger partial charge in [-0.05, 0) is 12.8 Å². The second-order valence-electron chi connectivity index (χ2n) is 4.52. The van der Waals surface area contributed by atoms with E-state index in [9.17, 15) is 13.2 Å². The van der Waals surface area contributed by atoms with Gasteiger partial charge in [0, 0.05) is 12.6 Å². The van der Waals surface area contributed by atoms with Gasteiger partial charge in [-0.3, -0.25) is 4.79 Å². The van der Waals surface area contributed by atoms with Crippen molar-refractivity contribution in [3.63, 3.8) is 0 Å². The van der Waals surface area contributed by atoms with Crippen LogP contribution in [-0.4, -0.2) is 67.9 Å². The van der Waals surface area contributed by atoms with Crippen molar-refractivity contribution in [3.05, 3.63) is 0 Å². The molecule has 1 aliphatic carbocycles. The fourth-order valence-corrected chi connectivity index (χ4v) is 3.25. The Bertz CT molecular complexity index is 406. The zero-order chi connectivity index (χ0) is 13.2. The van der Waals surface area contributed by atoms with Crippen LogP contribution in [0.25, 0.3) is 0 Å². The van der Waals surface area contributed by atoms with Crippen LogP contribution >= 0.6 is 0 Å². The number of amides is 1. The summed E-state index contributed by atoms with van der Waals surface area (Å²) in [7, 11) is -3.60. The van der Waals surface area contributed by atoms with Gasteiger partial charge in [0.2, 0.25) is 15.9 Å². The van der Waals surface area contributed by atoms with E-state index in [1.165, 1.54) is 0 Å². The van der Waals surface area contributed by atoms with E-state index in [-0.39, 0.29) is 37.5 Å². The van der Waals surface area contributed by atoms with Crippen LogP contribution in [0.15, 0.2) is 0 Å². The SMILES string of the molecule is O=C(NC1CC1)C1COCCN1S(=O)(=O)CCO. The molecule has 7 nitrogen and oxygen atoms in total. The average Bonchev–Trinajstić information content (AvgIpc) is 3.13. The minimum Gasteiger partial charge on any atom is -0.395 e. The molecule has 18 heavy (non-hydrogen) atoms. The summed E-state index contributed by atoms with van der Waals surface area (Å²) in [6, 6.07) is -0.627. The van der Waals surface area contributed by atoms with Crippen molar-refractivity contribution in [2.75, 3.05) is 32.1 Å². The van der Waals surface area contributed by atoms with Crippen molar-refractivity contribution >= 4 is 15.9 Å². The van der Waals surface area contributed by atoms with Crippen LogP contribution in [-0.2, 0) is 19.6 Å². The molecule has 2 N–H and O–H groups in total. The molecule has 1 aliphatic heterocycles. The van der Waals surface area contributed by atoms with E-state index in [2.05, 4.69) is 5.32 Å². The second-order valence-corrected chi connectivity index (χ2v) is 6.57. The third-order valence-electron chi connectivity index (χ3n) is 3.01. The predicted octanol–water partition coefficient (Wildman–Crippen LogP) is -1.71. The number of morpholine rings is 1. The van der Waals surface area contributed by atoms with E-state index >= 15 is 0 Å². The van der Waals surface area contributed by atoms with Crippen molar-refractivity contribution in [2.45, 2.75) is 24.9 Å².